The Kier molecular flexibility index (Phi) is 6.39. The molecule has 2 fully saturated rings. The van der Waals surface area contributed by atoms with Crippen molar-refractivity contribution in [3.05, 3.63) is 32.6 Å². The number of amides is 1. The molecule has 11 nitrogen and oxygen atoms in total. The zero-order chi connectivity index (χ0) is 19.4. The minimum Gasteiger partial charge on any atom is -0.394 e. The molecule has 2 aliphatic rings. The number of ether oxygens (including phenoxy) is 2. The van der Waals surface area contributed by atoms with Crippen molar-refractivity contribution in [2.45, 2.75) is 24.9 Å². The van der Waals surface area contributed by atoms with Crippen molar-refractivity contribution in [3.63, 3.8) is 0 Å². The molecule has 0 bridgehead atoms. The maximum absolute atomic E-state index is 12.4. The van der Waals surface area contributed by atoms with Gasteiger partial charge in [0.05, 0.1) is 25.9 Å². The second kappa shape index (κ2) is 8.76. The van der Waals surface area contributed by atoms with Gasteiger partial charge in [-0.1, -0.05) is 0 Å². The highest BCUT2D eigenvalue weighted by atomic mass is 16.5. The molecule has 0 saturated carbocycles. The first-order chi connectivity index (χ1) is 13.0. The molecule has 0 aromatic carbocycles. The van der Waals surface area contributed by atoms with E-state index >= 15 is 0 Å². The number of hydrogen-bond donors (Lipinski definition) is 4. The maximum Gasteiger partial charge on any atom is 0.330 e. The van der Waals surface area contributed by atoms with Crippen molar-refractivity contribution in [3.8, 4) is 0 Å². The Morgan fingerprint density at radius 1 is 1.33 bits per heavy atom. The smallest absolute Gasteiger partial charge is 0.330 e. The summed E-state index contributed by atoms with van der Waals surface area (Å²) >= 11 is 0. The summed E-state index contributed by atoms with van der Waals surface area (Å²) in [5.74, 6) is -0.601. The normalized spacial score (nSPS) is 26.2. The van der Waals surface area contributed by atoms with Gasteiger partial charge >= 0.3 is 5.69 Å². The molecule has 2 aliphatic heterocycles. The Balaban J connectivity index is 1.67. The number of hydrogen-bond acceptors (Lipinski definition) is 8. The third kappa shape index (κ3) is 4.62. The largest absolute Gasteiger partial charge is 0.394 e. The van der Waals surface area contributed by atoms with Crippen LogP contribution in [0.15, 0.2) is 15.8 Å². The minimum absolute atomic E-state index is 0.0647. The second-order valence-corrected chi connectivity index (χ2v) is 6.53. The summed E-state index contributed by atoms with van der Waals surface area (Å²) in [5.41, 5.74) is -1.76. The highest BCUT2D eigenvalue weighted by Gasteiger charge is 2.35. The summed E-state index contributed by atoms with van der Waals surface area (Å²) in [7, 11) is 0. The van der Waals surface area contributed by atoms with E-state index in [-0.39, 0.29) is 12.0 Å². The van der Waals surface area contributed by atoms with Crippen molar-refractivity contribution in [2.24, 2.45) is 0 Å². The summed E-state index contributed by atoms with van der Waals surface area (Å²) in [6.45, 7) is 3.46. The number of H-pyrrole nitrogens is 1. The predicted molar refractivity (Wildman–Crippen MR) is 92.5 cm³/mol. The summed E-state index contributed by atoms with van der Waals surface area (Å²) in [6, 6.07) is 0. The number of morpholine rings is 1. The highest BCUT2D eigenvalue weighted by Crippen LogP contribution is 2.27. The van der Waals surface area contributed by atoms with E-state index in [9.17, 15) is 19.5 Å². The van der Waals surface area contributed by atoms with Gasteiger partial charge in [-0.05, 0) is 0 Å². The summed E-state index contributed by atoms with van der Waals surface area (Å²) < 4.78 is 11.7. The van der Waals surface area contributed by atoms with Crippen LogP contribution in [0.25, 0.3) is 0 Å². The van der Waals surface area contributed by atoms with Crippen LogP contribution in [-0.2, 0) is 9.47 Å². The van der Waals surface area contributed by atoms with E-state index in [0.29, 0.717) is 26.3 Å². The minimum atomic E-state index is -0.940. The van der Waals surface area contributed by atoms with Crippen LogP contribution < -0.4 is 16.6 Å². The van der Waals surface area contributed by atoms with Crippen LogP contribution in [-0.4, -0.2) is 88.8 Å². The van der Waals surface area contributed by atoms with Gasteiger partial charge < -0.3 is 25.0 Å². The van der Waals surface area contributed by atoms with Gasteiger partial charge in [0.1, 0.15) is 17.9 Å². The number of nitrogens with one attached hydrogen (secondary N) is 2. The molecule has 3 rings (SSSR count). The fourth-order valence-electron chi connectivity index (χ4n) is 3.16. The molecule has 1 aromatic rings. The van der Waals surface area contributed by atoms with E-state index in [0.717, 1.165) is 23.9 Å². The lowest BCUT2D eigenvalue weighted by molar-refractivity contribution is -0.0459. The van der Waals surface area contributed by atoms with Gasteiger partial charge in [-0.15, -0.1) is 0 Å². The molecule has 150 valence electrons. The molecule has 4 N–H and O–H groups in total. The first-order valence-corrected chi connectivity index (χ1v) is 8.87. The number of carbonyl (C=O) groups is 1. The van der Waals surface area contributed by atoms with Gasteiger partial charge in [-0.2, -0.15) is 0 Å². The zero-order valence-electron chi connectivity index (χ0n) is 14.8. The maximum atomic E-state index is 12.4. The van der Waals surface area contributed by atoms with E-state index in [4.69, 9.17) is 14.6 Å². The average molecular weight is 384 g/mol. The van der Waals surface area contributed by atoms with Crippen LogP contribution in [0.5, 0.6) is 0 Å². The standard InChI is InChI=1S/C16H24N4O7/c21-9-12-11(22)7-13(27-12)20-8-10(15(24)18-16(20)25)14(23)17-1-2-19-3-5-26-6-4-19/h8,11-13,21-22H,1-7,9H2,(H,17,23)(H,18,24,25)/t11-,12?,13?/m1/s1. The molecule has 11 heteroatoms. The molecular weight excluding hydrogens is 360 g/mol. The fraction of sp³-hybridized carbons (Fsp3) is 0.688. The molecule has 0 spiro atoms. The Hall–Kier alpha value is -2.05. The number of carbonyl (C=O) groups excluding carboxylic acids is 1. The third-order valence-corrected chi connectivity index (χ3v) is 4.72. The molecule has 1 aromatic heterocycles. The molecule has 1 amide bonds. The number of nitrogens with zero attached hydrogens (tertiary/aromatic N) is 2. The summed E-state index contributed by atoms with van der Waals surface area (Å²) in [4.78, 5) is 40.6. The molecule has 27 heavy (non-hydrogen) atoms. The van der Waals surface area contributed by atoms with Crippen LogP contribution in [0, 0.1) is 0 Å². The molecule has 0 radical (unpaired) electrons. The lowest BCUT2D eigenvalue weighted by Gasteiger charge is -2.26. The highest BCUT2D eigenvalue weighted by molar-refractivity contribution is 5.93. The Morgan fingerprint density at radius 3 is 2.74 bits per heavy atom. The molecule has 2 unspecified atom stereocenters. The van der Waals surface area contributed by atoms with Crippen molar-refractivity contribution < 1.29 is 24.5 Å². The summed E-state index contributed by atoms with van der Waals surface area (Å²) in [5, 5.41) is 21.6. The molecule has 3 heterocycles. The first kappa shape index (κ1) is 19.7. The molecule has 0 aliphatic carbocycles. The zero-order valence-corrected chi connectivity index (χ0v) is 14.8. The molecule has 2 saturated heterocycles. The van der Waals surface area contributed by atoms with E-state index in [2.05, 4.69) is 15.2 Å². The van der Waals surface area contributed by atoms with Crippen molar-refractivity contribution in [2.75, 3.05) is 46.0 Å². The van der Waals surface area contributed by atoms with Gasteiger partial charge in [-0.3, -0.25) is 24.0 Å². The van der Waals surface area contributed by atoms with Crippen LogP contribution in [0.3, 0.4) is 0 Å². The topological polar surface area (TPSA) is 146 Å². The Morgan fingerprint density at radius 2 is 2.07 bits per heavy atom. The van der Waals surface area contributed by atoms with Gasteiger partial charge in [0.25, 0.3) is 11.5 Å². The Labute approximate surface area is 154 Å². The Bertz CT molecular complexity index is 771. The van der Waals surface area contributed by atoms with Crippen LogP contribution in [0.4, 0.5) is 0 Å². The first-order valence-electron chi connectivity index (χ1n) is 8.87. The lowest BCUT2D eigenvalue weighted by Crippen LogP contribution is -2.43. The fourth-order valence-corrected chi connectivity index (χ4v) is 3.16. The van der Waals surface area contributed by atoms with Crippen molar-refractivity contribution >= 4 is 5.91 Å². The summed E-state index contributed by atoms with van der Waals surface area (Å²) in [6.07, 6.45) is -1.44. The lowest BCUT2D eigenvalue weighted by atomic mass is 10.2. The molecular formula is C16H24N4O7. The average Bonchev–Trinajstić information content (AvgIpc) is 3.03. The van der Waals surface area contributed by atoms with E-state index in [1.807, 2.05) is 0 Å². The number of aromatic amines is 1. The van der Waals surface area contributed by atoms with Crippen molar-refractivity contribution in [1.29, 1.82) is 0 Å². The van der Waals surface area contributed by atoms with E-state index < -0.39 is 42.2 Å². The number of aromatic nitrogens is 2. The quantitative estimate of drug-likeness (QED) is 0.413. The number of aliphatic hydroxyl groups excluding tert-OH is 2. The van der Waals surface area contributed by atoms with Crippen LogP contribution in [0.1, 0.15) is 23.0 Å². The third-order valence-electron chi connectivity index (χ3n) is 4.72. The predicted octanol–water partition coefficient (Wildman–Crippen LogP) is -2.76. The van der Waals surface area contributed by atoms with Gasteiger partial charge in [0.2, 0.25) is 0 Å². The van der Waals surface area contributed by atoms with Gasteiger partial charge in [0.15, 0.2) is 0 Å². The van der Waals surface area contributed by atoms with Gasteiger partial charge in [-0.25, -0.2) is 4.79 Å². The van der Waals surface area contributed by atoms with Gasteiger partial charge in [0, 0.05) is 38.8 Å². The number of aliphatic hydroxyl groups is 2. The van der Waals surface area contributed by atoms with Crippen LogP contribution >= 0.6 is 0 Å². The molecule has 3 atom stereocenters. The second-order valence-electron chi connectivity index (χ2n) is 6.53. The van der Waals surface area contributed by atoms with Crippen molar-refractivity contribution in [1.82, 2.24) is 19.8 Å². The number of rotatable bonds is 6. The SMILES string of the molecule is O=C(NCCN1CCOCC1)c1cn(C2C[C@@H](O)C(CO)O2)c(=O)[nH]c1=O. The monoisotopic (exact) mass is 384 g/mol. The van der Waals surface area contributed by atoms with E-state index in [1.54, 1.807) is 0 Å². The van der Waals surface area contributed by atoms with Crippen LogP contribution in [0.2, 0.25) is 0 Å². The van der Waals surface area contributed by atoms with E-state index in [1.165, 1.54) is 0 Å².